The summed E-state index contributed by atoms with van der Waals surface area (Å²) in [6, 6.07) is 9.49. The number of nitrogens with zero attached hydrogens (tertiary/aromatic N) is 2. The fourth-order valence-electron chi connectivity index (χ4n) is 4.14. The second kappa shape index (κ2) is 12.6. The topological polar surface area (TPSA) is 122 Å². The van der Waals surface area contributed by atoms with Gasteiger partial charge in [-0.25, -0.2) is 4.79 Å². The Morgan fingerprint density at radius 3 is 2.64 bits per heavy atom. The van der Waals surface area contributed by atoms with Crippen molar-refractivity contribution < 1.29 is 23.5 Å². The van der Waals surface area contributed by atoms with Crippen LogP contribution in [-0.2, 0) is 17.8 Å². The summed E-state index contributed by atoms with van der Waals surface area (Å²) in [6.45, 7) is 2.37. The molecule has 1 atom stereocenters. The van der Waals surface area contributed by atoms with Gasteiger partial charge in [0.2, 0.25) is 5.91 Å². The summed E-state index contributed by atoms with van der Waals surface area (Å²) in [4.78, 5) is 40.3. The number of amides is 2. The summed E-state index contributed by atoms with van der Waals surface area (Å²) in [7, 11) is 3.07. The molecule has 0 saturated carbocycles. The van der Waals surface area contributed by atoms with E-state index in [1.165, 1.54) is 31.3 Å². The zero-order valence-corrected chi connectivity index (χ0v) is 20.8. The number of methoxy groups -OCH3 is 2. The average molecular weight is 494 g/mol. The first kappa shape index (κ1) is 26.5. The van der Waals surface area contributed by atoms with Crippen molar-refractivity contribution in [2.45, 2.75) is 51.6 Å². The third kappa shape index (κ3) is 6.33. The molecule has 190 valence electrons. The minimum absolute atomic E-state index is 0.0819. The summed E-state index contributed by atoms with van der Waals surface area (Å²) >= 11 is 0. The molecule has 0 spiro atoms. The van der Waals surface area contributed by atoms with E-state index in [4.69, 9.17) is 19.2 Å². The van der Waals surface area contributed by atoms with E-state index in [1.54, 1.807) is 24.3 Å². The second-order valence-electron chi connectivity index (χ2n) is 8.55. The molecule has 3 rings (SSSR count). The zero-order valence-electron chi connectivity index (χ0n) is 20.8. The van der Waals surface area contributed by atoms with Crippen LogP contribution in [0.4, 0.5) is 0 Å². The fraction of sp³-hybridized carbons (Fsp3) is 0.407. The number of hydrogen-bond donors (Lipinski definition) is 1. The molecular formula is C27H31N3O6. The number of likely N-dealkylation sites (tertiary alicyclic amines) is 1. The van der Waals surface area contributed by atoms with Crippen molar-refractivity contribution in [3.63, 3.8) is 0 Å². The van der Waals surface area contributed by atoms with E-state index in [-0.39, 0.29) is 31.0 Å². The fourth-order valence-corrected chi connectivity index (χ4v) is 4.14. The van der Waals surface area contributed by atoms with Gasteiger partial charge in [-0.05, 0) is 41.8 Å². The summed E-state index contributed by atoms with van der Waals surface area (Å²) in [5.41, 5.74) is 0.558. The van der Waals surface area contributed by atoms with Gasteiger partial charge in [-0.3, -0.25) is 9.59 Å². The molecule has 1 aliphatic heterocycles. The van der Waals surface area contributed by atoms with Crippen molar-refractivity contribution in [3.05, 3.63) is 69.3 Å². The smallest absolute Gasteiger partial charge is 0.348 e. The number of benzene rings is 1. The van der Waals surface area contributed by atoms with Crippen LogP contribution in [0.3, 0.4) is 0 Å². The van der Waals surface area contributed by atoms with Crippen molar-refractivity contribution in [3.8, 4) is 17.6 Å². The SMILES string of the molecule is CCCCCc1ccc(C(=O)N2C/C(=C/C#N)CC2C(=O)NCc2ccc(OC)c(OC)c2)c(=O)o1. The van der Waals surface area contributed by atoms with Crippen LogP contribution in [0.25, 0.3) is 0 Å². The van der Waals surface area contributed by atoms with Gasteiger partial charge in [0, 0.05) is 32.0 Å². The molecule has 1 saturated heterocycles. The summed E-state index contributed by atoms with van der Waals surface area (Å²) in [5, 5.41) is 11.9. The van der Waals surface area contributed by atoms with Gasteiger partial charge >= 0.3 is 5.63 Å². The van der Waals surface area contributed by atoms with E-state index in [0.717, 1.165) is 24.8 Å². The molecule has 9 nitrogen and oxygen atoms in total. The predicted molar refractivity (Wildman–Crippen MR) is 133 cm³/mol. The lowest BCUT2D eigenvalue weighted by Crippen LogP contribution is -2.46. The molecule has 1 unspecified atom stereocenters. The molecule has 1 aliphatic rings. The van der Waals surface area contributed by atoms with Gasteiger partial charge in [0.25, 0.3) is 5.91 Å². The molecule has 9 heteroatoms. The third-order valence-corrected chi connectivity index (χ3v) is 6.09. The van der Waals surface area contributed by atoms with Crippen molar-refractivity contribution >= 4 is 11.8 Å². The number of ether oxygens (including phenoxy) is 2. The molecule has 1 fully saturated rings. The Hall–Kier alpha value is -4.06. The first-order valence-electron chi connectivity index (χ1n) is 11.9. The number of carbonyl (C=O) groups is 2. The Kier molecular flexibility index (Phi) is 9.28. The Labute approximate surface area is 210 Å². The summed E-state index contributed by atoms with van der Waals surface area (Å²) < 4.78 is 15.9. The highest BCUT2D eigenvalue weighted by Crippen LogP contribution is 2.28. The van der Waals surface area contributed by atoms with Crippen LogP contribution in [0, 0.1) is 11.3 Å². The van der Waals surface area contributed by atoms with Crippen LogP contribution >= 0.6 is 0 Å². The molecule has 2 aromatic rings. The van der Waals surface area contributed by atoms with Crippen molar-refractivity contribution in [1.29, 1.82) is 5.26 Å². The summed E-state index contributed by atoms with van der Waals surface area (Å²) in [6.07, 6.45) is 5.12. The predicted octanol–water partition coefficient (Wildman–Crippen LogP) is 3.37. The highest BCUT2D eigenvalue weighted by molar-refractivity contribution is 5.98. The maximum absolute atomic E-state index is 13.3. The van der Waals surface area contributed by atoms with Gasteiger partial charge in [0.15, 0.2) is 11.5 Å². The van der Waals surface area contributed by atoms with E-state index in [1.807, 2.05) is 6.07 Å². The quantitative estimate of drug-likeness (QED) is 0.398. The third-order valence-electron chi connectivity index (χ3n) is 6.09. The molecule has 36 heavy (non-hydrogen) atoms. The Balaban J connectivity index is 1.76. The maximum Gasteiger partial charge on any atom is 0.348 e. The van der Waals surface area contributed by atoms with Crippen LogP contribution in [0.15, 0.2) is 51.2 Å². The summed E-state index contributed by atoms with van der Waals surface area (Å²) in [5.74, 6) is 0.643. The van der Waals surface area contributed by atoms with Gasteiger partial charge in [-0.15, -0.1) is 0 Å². The van der Waals surface area contributed by atoms with Gasteiger partial charge < -0.3 is 24.1 Å². The van der Waals surface area contributed by atoms with Gasteiger partial charge in [-0.2, -0.15) is 5.26 Å². The van der Waals surface area contributed by atoms with Crippen LogP contribution in [0.5, 0.6) is 11.5 Å². The molecule has 1 aromatic heterocycles. The zero-order chi connectivity index (χ0) is 26.1. The number of aryl methyl sites for hydroxylation is 1. The number of nitriles is 1. The molecule has 0 bridgehead atoms. The van der Waals surface area contributed by atoms with Crippen molar-refractivity contribution in [2.24, 2.45) is 0 Å². The average Bonchev–Trinajstić information content (AvgIpc) is 3.31. The molecule has 2 heterocycles. The number of rotatable bonds is 10. The monoisotopic (exact) mass is 493 g/mol. The lowest BCUT2D eigenvalue weighted by atomic mass is 10.1. The molecule has 0 aliphatic carbocycles. The lowest BCUT2D eigenvalue weighted by molar-refractivity contribution is -0.125. The van der Waals surface area contributed by atoms with E-state index in [2.05, 4.69) is 12.2 Å². The van der Waals surface area contributed by atoms with Crippen LogP contribution < -0.4 is 20.4 Å². The van der Waals surface area contributed by atoms with Gasteiger partial charge in [-0.1, -0.05) is 25.8 Å². The number of unbranched alkanes of at least 4 members (excludes halogenated alkanes) is 2. The highest BCUT2D eigenvalue weighted by atomic mass is 16.5. The maximum atomic E-state index is 13.3. The Bertz CT molecular complexity index is 1230. The van der Waals surface area contributed by atoms with E-state index in [9.17, 15) is 14.4 Å². The van der Waals surface area contributed by atoms with Crippen LogP contribution in [-0.4, -0.2) is 43.5 Å². The van der Waals surface area contributed by atoms with E-state index in [0.29, 0.717) is 29.3 Å². The Morgan fingerprint density at radius 2 is 1.97 bits per heavy atom. The first-order valence-corrected chi connectivity index (χ1v) is 11.9. The number of hydrogen-bond acceptors (Lipinski definition) is 7. The van der Waals surface area contributed by atoms with Crippen LogP contribution in [0.1, 0.15) is 54.3 Å². The number of allylic oxidation sites excluding steroid dienone is 1. The van der Waals surface area contributed by atoms with Crippen LogP contribution in [0.2, 0.25) is 0 Å². The minimum atomic E-state index is -0.860. The van der Waals surface area contributed by atoms with E-state index < -0.39 is 17.6 Å². The normalized spacial score (nSPS) is 16.0. The standard InChI is InChI=1S/C27H31N3O6/c1-4-5-6-7-20-9-10-21(27(33)36-20)26(32)30-17-19(12-13-28)14-22(30)25(31)29-16-18-8-11-23(34-2)24(15-18)35-3/h8-12,15,22H,4-7,14,16-17H2,1-3H3,(H,29,31)/b19-12+. The van der Waals surface area contributed by atoms with Gasteiger partial charge in [0.1, 0.15) is 17.4 Å². The molecule has 0 radical (unpaired) electrons. The minimum Gasteiger partial charge on any atom is -0.493 e. The second-order valence-corrected chi connectivity index (χ2v) is 8.55. The molecule has 1 N–H and O–H groups in total. The molecular weight excluding hydrogens is 462 g/mol. The molecule has 1 aromatic carbocycles. The first-order chi connectivity index (χ1) is 17.4. The number of carbonyl (C=O) groups excluding carboxylic acids is 2. The van der Waals surface area contributed by atoms with Crippen molar-refractivity contribution in [1.82, 2.24) is 10.2 Å². The van der Waals surface area contributed by atoms with Gasteiger partial charge in [0.05, 0.1) is 20.3 Å². The van der Waals surface area contributed by atoms with Crippen molar-refractivity contribution in [2.75, 3.05) is 20.8 Å². The highest BCUT2D eigenvalue weighted by Gasteiger charge is 2.38. The Morgan fingerprint density at radius 1 is 1.19 bits per heavy atom. The lowest BCUT2D eigenvalue weighted by Gasteiger charge is -2.23. The number of nitrogens with one attached hydrogen (secondary N) is 1. The van der Waals surface area contributed by atoms with E-state index >= 15 is 0 Å². The molecule has 2 amide bonds. The largest absolute Gasteiger partial charge is 0.493 e.